The van der Waals surface area contributed by atoms with Gasteiger partial charge in [-0.2, -0.15) is 0 Å². The van der Waals surface area contributed by atoms with Crippen LogP contribution in [0.3, 0.4) is 0 Å². The number of aliphatic hydroxyl groups is 1. The molecule has 0 atom stereocenters. The maximum atomic E-state index is 13.0. The molecule has 0 unspecified atom stereocenters. The van der Waals surface area contributed by atoms with Gasteiger partial charge in [0.05, 0.1) is 22.8 Å². The first-order valence-electron chi connectivity index (χ1n) is 7.52. The molecule has 0 saturated heterocycles. The van der Waals surface area contributed by atoms with Gasteiger partial charge in [0.15, 0.2) is 0 Å². The normalized spacial score (nSPS) is 14.9. The molecule has 3 rings (SSSR count). The third-order valence-corrected chi connectivity index (χ3v) is 5.84. The average molecular weight is 359 g/mol. The maximum Gasteiger partial charge on any atom is 0.272 e. The Morgan fingerprint density at radius 2 is 1.92 bits per heavy atom. The van der Waals surface area contributed by atoms with Crippen LogP contribution in [0.2, 0.25) is 0 Å². The van der Waals surface area contributed by atoms with Crippen molar-refractivity contribution < 1.29 is 14.7 Å². The molecule has 1 aliphatic heterocycles. The van der Waals surface area contributed by atoms with E-state index in [0.717, 1.165) is 16.0 Å². The van der Waals surface area contributed by atoms with Crippen LogP contribution >= 0.6 is 23.1 Å². The molecule has 1 aromatic heterocycles. The zero-order chi connectivity index (χ0) is 17.3. The fourth-order valence-corrected chi connectivity index (χ4v) is 4.21. The third kappa shape index (κ3) is 2.92. The molecule has 6 heteroatoms. The second-order valence-corrected chi connectivity index (χ2v) is 7.52. The van der Waals surface area contributed by atoms with Crippen LogP contribution in [0.5, 0.6) is 0 Å². The van der Waals surface area contributed by atoms with E-state index in [1.54, 1.807) is 6.07 Å². The predicted octanol–water partition coefficient (Wildman–Crippen LogP) is 3.37. The second-order valence-electron chi connectivity index (χ2n) is 5.47. The lowest BCUT2D eigenvalue weighted by molar-refractivity contribution is -0.119. The van der Waals surface area contributed by atoms with Gasteiger partial charge in [-0.25, -0.2) is 4.90 Å². The van der Waals surface area contributed by atoms with E-state index in [0.29, 0.717) is 21.9 Å². The van der Waals surface area contributed by atoms with E-state index in [9.17, 15) is 9.59 Å². The molecule has 1 aromatic carbocycles. The molecule has 24 heavy (non-hydrogen) atoms. The summed E-state index contributed by atoms with van der Waals surface area (Å²) in [6.07, 6.45) is 0. The largest absolute Gasteiger partial charge is 0.396 e. The van der Waals surface area contributed by atoms with Crippen LogP contribution in [0.25, 0.3) is 5.57 Å². The number of imide groups is 1. The molecule has 1 N–H and O–H groups in total. The Hall–Kier alpha value is -1.89. The number of rotatable bonds is 5. The molecule has 0 spiro atoms. The van der Waals surface area contributed by atoms with Gasteiger partial charge in [-0.15, -0.1) is 23.1 Å². The van der Waals surface area contributed by atoms with E-state index in [4.69, 9.17) is 5.11 Å². The van der Waals surface area contributed by atoms with Gasteiger partial charge >= 0.3 is 0 Å². The SMILES string of the molecule is Cc1ccc(N2C(=O)C(SCCO)=C(c3cccs3)C2=O)cc1C. The van der Waals surface area contributed by atoms with Crippen molar-refractivity contribution in [1.29, 1.82) is 0 Å². The van der Waals surface area contributed by atoms with Crippen molar-refractivity contribution in [3.8, 4) is 0 Å². The third-order valence-electron chi connectivity index (χ3n) is 3.90. The summed E-state index contributed by atoms with van der Waals surface area (Å²) in [4.78, 5) is 28.3. The quantitative estimate of drug-likeness (QED) is 0.832. The van der Waals surface area contributed by atoms with E-state index >= 15 is 0 Å². The van der Waals surface area contributed by atoms with Crippen LogP contribution in [-0.4, -0.2) is 29.3 Å². The smallest absolute Gasteiger partial charge is 0.272 e. The standard InChI is InChI=1S/C18H17NO3S2/c1-11-5-6-13(10-12(11)2)19-17(21)15(14-4-3-8-23-14)16(18(19)22)24-9-7-20/h3-6,8,10,20H,7,9H2,1-2H3. The number of aliphatic hydroxyl groups excluding tert-OH is 1. The Balaban J connectivity index is 2.05. The summed E-state index contributed by atoms with van der Waals surface area (Å²) in [7, 11) is 0. The number of carbonyl (C=O) groups excluding carboxylic acids is 2. The molecule has 0 saturated carbocycles. The lowest BCUT2D eigenvalue weighted by Gasteiger charge is -2.16. The number of nitrogens with zero attached hydrogens (tertiary/aromatic N) is 1. The van der Waals surface area contributed by atoms with Crippen molar-refractivity contribution in [3.05, 3.63) is 56.6 Å². The van der Waals surface area contributed by atoms with Crippen molar-refractivity contribution in [2.24, 2.45) is 0 Å². The number of thioether (sulfide) groups is 1. The number of thiophene rings is 1. The summed E-state index contributed by atoms with van der Waals surface area (Å²) >= 11 is 2.66. The predicted molar refractivity (Wildman–Crippen MR) is 99.2 cm³/mol. The van der Waals surface area contributed by atoms with Crippen molar-refractivity contribution in [2.75, 3.05) is 17.3 Å². The number of amides is 2. The number of hydrogen-bond acceptors (Lipinski definition) is 5. The fraction of sp³-hybridized carbons (Fsp3) is 0.222. The lowest BCUT2D eigenvalue weighted by atomic mass is 10.1. The molecule has 0 fully saturated rings. The van der Waals surface area contributed by atoms with Crippen molar-refractivity contribution in [1.82, 2.24) is 0 Å². The average Bonchev–Trinajstić information content (AvgIpc) is 3.15. The summed E-state index contributed by atoms with van der Waals surface area (Å²) in [6.45, 7) is 3.90. The van der Waals surface area contributed by atoms with Crippen molar-refractivity contribution >= 4 is 46.2 Å². The highest BCUT2D eigenvalue weighted by Gasteiger charge is 2.40. The fourth-order valence-electron chi connectivity index (χ4n) is 2.53. The topological polar surface area (TPSA) is 57.6 Å². The minimum Gasteiger partial charge on any atom is -0.396 e. The first kappa shape index (κ1) is 17.0. The van der Waals surface area contributed by atoms with Gasteiger partial charge in [0.1, 0.15) is 0 Å². The van der Waals surface area contributed by atoms with Gasteiger partial charge in [-0.05, 0) is 48.6 Å². The Labute approximate surface area is 148 Å². The molecule has 1 aliphatic rings. The van der Waals surface area contributed by atoms with Crippen LogP contribution in [0.4, 0.5) is 5.69 Å². The highest BCUT2D eigenvalue weighted by Crippen LogP contribution is 2.39. The summed E-state index contributed by atoms with van der Waals surface area (Å²) in [5.41, 5.74) is 3.16. The Bertz CT molecular complexity index is 825. The van der Waals surface area contributed by atoms with Crippen molar-refractivity contribution in [3.63, 3.8) is 0 Å². The van der Waals surface area contributed by atoms with E-state index in [-0.39, 0.29) is 18.4 Å². The second kappa shape index (κ2) is 6.93. The van der Waals surface area contributed by atoms with Gasteiger partial charge in [0.25, 0.3) is 11.8 Å². The number of benzene rings is 1. The highest BCUT2D eigenvalue weighted by molar-refractivity contribution is 8.04. The monoisotopic (exact) mass is 359 g/mol. The maximum absolute atomic E-state index is 13.0. The van der Waals surface area contributed by atoms with Gasteiger partial charge in [0, 0.05) is 10.6 Å². The Morgan fingerprint density at radius 3 is 2.54 bits per heavy atom. The summed E-state index contributed by atoms with van der Waals surface area (Å²) < 4.78 is 0. The molecule has 2 amide bonds. The van der Waals surface area contributed by atoms with Crippen LogP contribution in [0.15, 0.2) is 40.6 Å². The minimum absolute atomic E-state index is 0.0446. The highest BCUT2D eigenvalue weighted by atomic mass is 32.2. The number of aryl methyl sites for hydroxylation is 2. The Kier molecular flexibility index (Phi) is 4.89. The minimum atomic E-state index is -0.315. The van der Waals surface area contributed by atoms with E-state index in [1.807, 2.05) is 43.5 Å². The zero-order valence-corrected chi connectivity index (χ0v) is 15.0. The summed E-state index contributed by atoms with van der Waals surface area (Å²) in [5, 5.41) is 11.0. The van der Waals surface area contributed by atoms with Crippen LogP contribution in [0, 0.1) is 13.8 Å². The molecule has 0 aliphatic carbocycles. The van der Waals surface area contributed by atoms with Gasteiger partial charge in [-0.3, -0.25) is 9.59 Å². The summed E-state index contributed by atoms with van der Waals surface area (Å²) in [5.74, 6) is -0.236. The molecule has 2 aromatic rings. The van der Waals surface area contributed by atoms with Gasteiger partial charge in [-0.1, -0.05) is 12.1 Å². The molecule has 2 heterocycles. The first-order chi connectivity index (χ1) is 11.5. The van der Waals surface area contributed by atoms with E-state index < -0.39 is 0 Å². The molecule has 4 nitrogen and oxygen atoms in total. The van der Waals surface area contributed by atoms with Gasteiger partial charge < -0.3 is 5.11 Å². The van der Waals surface area contributed by atoms with Crippen LogP contribution in [0.1, 0.15) is 16.0 Å². The molecule has 0 bridgehead atoms. The zero-order valence-electron chi connectivity index (χ0n) is 13.4. The Morgan fingerprint density at radius 1 is 1.12 bits per heavy atom. The first-order valence-corrected chi connectivity index (χ1v) is 9.39. The molecular weight excluding hydrogens is 342 g/mol. The van der Waals surface area contributed by atoms with Crippen LogP contribution in [-0.2, 0) is 9.59 Å². The number of hydrogen-bond donors (Lipinski definition) is 1. The van der Waals surface area contributed by atoms with E-state index in [2.05, 4.69) is 0 Å². The van der Waals surface area contributed by atoms with Crippen molar-refractivity contribution in [2.45, 2.75) is 13.8 Å². The van der Waals surface area contributed by atoms with Crippen LogP contribution < -0.4 is 4.90 Å². The molecular formula is C18H17NO3S2. The lowest BCUT2D eigenvalue weighted by Crippen LogP contribution is -2.31. The van der Waals surface area contributed by atoms with Gasteiger partial charge in [0.2, 0.25) is 0 Å². The summed E-state index contributed by atoms with van der Waals surface area (Å²) in [6, 6.07) is 9.27. The number of anilines is 1. The molecule has 0 radical (unpaired) electrons. The van der Waals surface area contributed by atoms with E-state index in [1.165, 1.54) is 28.0 Å². The molecule has 124 valence electrons. The number of carbonyl (C=O) groups is 2.